The molecule has 4 nitrogen and oxygen atoms in total. The van der Waals surface area contributed by atoms with Gasteiger partial charge in [0.25, 0.3) is 5.91 Å². The number of carbonyl (C=O) groups excluding carboxylic acids is 2. The van der Waals surface area contributed by atoms with Crippen molar-refractivity contribution >= 4 is 33.9 Å². The Hall–Kier alpha value is -1.62. The normalized spacial score (nSPS) is 16.0. The van der Waals surface area contributed by atoms with Crippen molar-refractivity contribution in [3.05, 3.63) is 40.4 Å². The summed E-state index contributed by atoms with van der Waals surface area (Å²) < 4.78 is 5.92. The zero-order valence-electron chi connectivity index (χ0n) is 13.1. The molecule has 0 aliphatic heterocycles. The van der Waals surface area contributed by atoms with Crippen LogP contribution in [0.4, 0.5) is 0 Å². The molecule has 1 amide bonds. The Morgan fingerprint density at radius 3 is 2.65 bits per heavy atom. The molecule has 1 aromatic carbocycles. The van der Waals surface area contributed by atoms with E-state index >= 15 is 0 Å². The highest BCUT2D eigenvalue weighted by molar-refractivity contribution is 9.10. The lowest BCUT2D eigenvalue weighted by Crippen LogP contribution is -2.37. The van der Waals surface area contributed by atoms with E-state index in [2.05, 4.69) is 21.2 Å². The Labute approximate surface area is 145 Å². The molecule has 0 aromatic heterocycles. The number of rotatable bonds is 5. The molecule has 2 rings (SSSR count). The van der Waals surface area contributed by atoms with Gasteiger partial charge in [0.05, 0.1) is 0 Å². The number of esters is 1. The minimum atomic E-state index is -0.513. The Morgan fingerprint density at radius 1 is 1.22 bits per heavy atom. The fourth-order valence-corrected chi connectivity index (χ4v) is 3.07. The van der Waals surface area contributed by atoms with Gasteiger partial charge in [-0.2, -0.15) is 0 Å². The molecular weight excluding hydrogens is 358 g/mol. The first-order valence-electron chi connectivity index (χ1n) is 8.03. The lowest BCUT2D eigenvalue weighted by molar-refractivity contribution is -0.144. The van der Waals surface area contributed by atoms with Crippen LogP contribution in [0.15, 0.2) is 34.8 Å². The molecule has 0 atom stereocenters. The molecule has 1 aromatic rings. The number of hydrogen-bond acceptors (Lipinski definition) is 3. The summed E-state index contributed by atoms with van der Waals surface area (Å²) in [4.78, 5) is 23.5. The molecule has 1 fully saturated rings. The van der Waals surface area contributed by atoms with Crippen molar-refractivity contribution in [2.75, 3.05) is 6.61 Å². The standard InChI is InChI=1S/C18H22BrNO3/c19-15-7-5-6-14(12-15)10-11-18(22)23-13-17(21)20-16-8-3-1-2-4-9-16/h5-7,10-12,16H,1-4,8-9,13H2,(H,20,21)/b11-10+. The van der Waals surface area contributed by atoms with Crippen LogP contribution >= 0.6 is 15.9 Å². The van der Waals surface area contributed by atoms with E-state index in [1.54, 1.807) is 6.08 Å². The fraction of sp³-hybridized carbons (Fsp3) is 0.444. The van der Waals surface area contributed by atoms with Crippen LogP contribution in [0.1, 0.15) is 44.1 Å². The van der Waals surface area contributed by atoms with Crippen LogP contribution in [-0.2, 0) is 14.3 Å². The topological polar surface area (TPSA) is 55.4 Å². The maximum absolute atomic E-state index is 11.8. The molecule has 0 saturated heterocycles. The highest BCUT2D eigenvalue weighted by atomic mass is 79.9. The van der Waals surface area contributed by atoms with Crippen LogP contribution < -0.4 is 5.32 Å². The van der Waals surface area contributed by atoms with Crippen LogP contribution in [0, 0.1) is 0 Å². The van der Waals surface area contributed by atoms with Gasteiger partial charge in [-0.25, -0.2) is 4.79 Å². The minimum absolute atomic E-state index is 0.221. The Balaban J connectivity index is 1.72. The number of halogens is 1. The SMILES string of the molecule is O=C(COC(=O)/C=C/c1cccc(Br)c1)NC1CCCCCC1. The van der Waals surface area contributed by atoms with Gasteiger partial charge in [0.15, 0.2) is 6.61 Å². The number of carbonyl (C=O) groups is 2. The van der Waals surface area contributed by atoms with Gasteiger partial charge in [-0.1, -0.05) is 53.7 Å². The Bertz CT molecular complexity index is 563. The largest absolute Gasteiger partial charge is 0.452 e. The van der Waals surface area contributed by atoms with Gasteiger partial charge < -0.3 is 10.1 Å². The smallest absolute Gasteiger partial charge is 0.331 e. The molecule has 0 spiro atoms. The third kappa shape index (κ3) is 6.99. The molecular formula is C18H22BrNO3. The first-order chi connectivity index (χ1) is 11.1. The number of amides is 1. The van der Waals surface area contributed by atoms with Crippen molar-refractivity contribution < 1.29 is 14.3 Å². The quantitative estimate of drug-likeness (QED) is 0.480. The summed E-state index contributed by atoms with van der Waals surface area (Å²) in [5.74, 6) is -0.734. The van der Waals surface area contributed by atoms with Crippen molar-refractivity contribution in [3.8, 4) is 0 Å². The highest BCUT2D eigenvalue weighted by Crippen LogP contribution is 2.17. The van der Waals surface area contributed by atoms with Crippen LogP contribution in [0.25, 0.3) is 6.08 Å². The summed E-state index contributed by atoms with van der Waals surface area (Å²) in [6.07, 6.45) is 9.81. The highest BCUT2D eigenvalue weighted by Gasteiger charge is 2.15. The monoisotopic (exact) mass is 379 g/mol. The summed E-state index contributed by atoms with van der Waals surface area (Å²) in [5, 5.41) is 2.95. The average Bonchev–Trinajstić information content (AvgIpc) is 2.80. The van der Waals surface area contributed by atoms with Crippen molar-refractivity contribution in [2.24, 2.45) is 0 Å². The second-order valence-corrected chi connectivity index (χ2v) is 6.67. The van der Waals surface area contributed by atoms with Crippen LogP contribution in [0.2, 0.25) is 0 Å². The number of ether oxygens (including phenoxy) is 1. The van der Waals surface area contributed by atoms with Gasteiger partial charge in [0.2, 0.25) is 0 Å². The van der Waals surface area contributed by atoms with Crippen LogP contribution in [0.3, 0.4) is 0 Å². The molecule has 23 heavy (non-hydrogen) atoms. The van der Waals surface area contributed by atoms with Gasteiger partial charge >= 0.3 is 5.97 Å². The van der Waals surface area contributed by atoms with Gasteiger partial charge in [0.1, 0.15) is 0 Å². The van der Waals surface area contributed by atoms with E-state index in [1.165, 1.54) is 18.9 Å². The number of hydrogen-bond donors (Lipinski definition) is 1. The van der Waals surface area contributed by atoms with E-state index < -0.39 is 5.97 Å². The molecule has 1 aliphatic carbocycles. The Morgan fingerprint density at radius 2 is 1.96 bits per heavy atom. The average molecular weight is 380 g/mol. The van der Waals surface area contributed by atoms with Gasteiger partial charge in [-0.3, -0.25) is 4.79 Å². The van der Waals surface area contributed by atoms with Crippen molar-refractivity contribution in [2.45, 2.75) is 44.6 Å². The Kier molecular flexibility index (Phi) is 7.33. The summed E-state index contributed by atoms with van der Waals surface area (Å²) in [5.41, 5.74) is 0.888. The van der Waals surface area contributed by atoms with E-state index in [0.717, 1.165) is 35.7 Å². The maximum atomic E-state index is 11.8. The summed E-state index contributed by atoms with van der Waals surface area (Å²) in [6.45, 7) is -0.224. The fourth-order valence-electron chi connectivity index (χ4n) is 2.65. The van der Waals surface area contributed by atoms with Crippen molar-refractivity contribution in [1.82, 2.24) is 5.32 Å². The van der Waals surface area contributed by atoms with E-state index in [4.69, 9.17) is 4.74 Å². The molecule has 1 aliphatic rings. The van der Waals surface area contributed by atoms with E-state index in [9.17, 15) is 9.59 Å². The molecule has 1 saturated carbocycles. The zero-order valence-corrected chi connectivity index (χ0v) is 14.7. The summed E-state index contributed by atoms with van der Waals surface area (Å²) in [6, 6.07) is 7.79. The molecule has 124 valence electrons. The predicted molar refractivity (Wildman–Crippen MR) is 93.8 cm³/mol. The van der Waals surface area contributed by atoms with Crippen molar-refractivity contribution in [3.63, 3.8) is 0 Å². The van der Waals surface area contributed by atoms with Crippen LogP contribution in [0.5, 0.6) is 0 Å². The second-order valence-electron chi connectivity index (χ2n) is 5.75. The maximum Gasteiger partial charge on any atom is 0.331 e. The minimum Gasteiger partial charge on any atom is -0.452 e. The molecule has 0 radical (unpaired) electrons. The van der Waals surface area contributed by atoms with Gasteiger partial charge in [-0.05, 0) is 36.6 Å². The predicted octanol–water partition coefficient (Wildman–Crippen LogP) is 3.84. The number of benzene rings is 1. The van der Waals surface area contributed by atoms with Gasteiger partial charge in [0, 0.05) is 16.6 Å². The summed E-state index contributed by atoms with van der Waals surface area (Å²) in [7, 11) is 0. The van der Waals surface area contributed by atoms with E-state index in [-0.39, 0.29) is 18.6 Å². The lowest BCUT2D eigenvalue weighted by atomic mass is 10.1. The third-order valence-corrected chi connectivity index (χ3v) is 4.32. The molecule has 5 heteroatoms. The molecule has 0 heterocycles. The second kappa shape index (κ2) is 9.50. The molecule has 0 bridgehead atoms. The zero-order chi connectivity index (χ0) is 16.5. The van der Waals surface area contributed by atoms with E-state index in [1.807, 2.05) is 24.3 Å². The number of nitrogens with one attached hydrogen (secondary N) is 1. The summed E-state index contributed by atoms with van der Waals surface area (Å²) >= 11 is 3.37. The molecule has 0 unspecified atom stereocenters. The first-order valence-corrected chi connectivity index (χ1v) is 8.82. The molecule has 1 N–H and O–H groups in total. The van der Waals surface area contributed by atoms with Crippen molar-refractivity contribution in [1.29, 1.82) is 0 Å². The first kappa shape index (κ1) is 17.7. The third-order valence-electron chi connectivity index (χ3n) is 3.83. The lowest BCUT2D eigenvalue weighted by Gasteiger charge is -2.15. The van der Waals surface area contributed by atoms with E-state index in [0.29, 0.717) is 0 Å². The van der Waals surface area contributed by atoms with Gasteiger partial charge in [-0.15, -0.1) is 0 Å². The van der Waals surface area contributed by atoms with Crippen LogP contribution in [-0.4, -0.2) is 24.5 Å².